The molecule has 1 aliphatic rings. The number of methoxy groups -OCH3 is 2. The molecule has 2 N–H and O–H groups in total. The molecular formula is C20H24BrFN4O4. The summed E-state index contributed by atoms with van der Waals surface area (Å²) in [5.41, 5.74) is 1.31. The van der Waals surface area contributed by atoms with Crippen molar-refractivity contribution in [3.63, 3.8) is 0 Å². The number of carbonyl (C=O) groups excluding carboxylic acids is 2. The number of likely N-dealkylation sites (tertiary alicyclic amines) is 1. The van der Waals surface area contributed by atoms with Crippen molar-refractivity contribution in [2.75, 3.05) is 20.8 Å². The molecule has 2 amide bonds. The molecular weight excluding hydrogens is 459 g/mol. The third-order valence-electron chi connectivity index (χ3n) is 5.24. The van der Waals surface area contributed by atoms with Gasteiger partial charge in [0.25, 0.3) is 0 Å². The summed E-state index contributed by atoms with van der Waals surface area (Å²) < 4.78 is 24.2. The second-order valence-electron chi connectivity index (χ2n) is 7.06. The smallest absolute Gasteiger partial charge is 0.407 e. The molecule has 1 aliphatic heterocycles. The Balaban J connectivity index is 1.82. The van der Waals surface area contributed by atoms with E-state index in [0.29, 0.717) is 28.1 Å². The summed E-state index contributed by atoms with van der Waals surface area (Å²) in [6.07, 6.45) is 1.90. The van der Waals surface area contributed by atoms with Crippen LogP contribution in [0.2, 0.25) is 0 Å². The minimum absolute atomic E-state index is 0.273. The number of aromatic nitrogens is 2. The van der Waals surface area contributed by atoms with Crippen LogP contribution < -0.4 is 5.32 Å². The molecule has 30 heavy (non-hydrogen) atoms. The summed E-state index contributed by atoms with van der Waals surface area (Å²) in [6, 6.07) is 3.65. The lowest BCUT2D eigenvalue weighted by atomic mass is 10.1. The number of aromatic amines is 1. The largest absolute Gasteiger partial charge is 0.453 e. The van der Waals surface area contributed by atoms with E-state index in [-0.39, 0.29) is 17.8 Å². The van der Waals surface area contributed by atoms with E-state index in [1.165, 1.54) is 20.3 Å². The standard InChI is InChI=1S/C20H24BrFN4O4/c1-11(29-2)17(25-20(28)30-3)19(27)26-8-4-5-16(26)18-23-10-15(24-18)12-6-7-13(21)14(22)9-12/h6-7,9-11,16-17H,4-5,8H2,1-3H3,(H,23,24)(H,25,28)/t11-,16+,17+/m1/s1. The molecule has 162 valence electrons. The maximum atomic E-state index is 13.9. The predicted molar refractivity (Wildman–Crippen MR) is 111 cm³/mol. The summed E-state index contributed by atoms with van der Waals surface area (Å²) in [5, 5.41) is 2.55. The Morgan fingerprint density at radius 1 is 1.40 bits per heavy atom. The van der Waals surface area contributed by atoms with Crippen LogP contribution in [-0.4, -0.2) is 59.8 Å². The molecule has 8 nitrogen and oxygen atoms in total. The normalized spacial score (nSPS) is 18.2. The van der Waals surface area contributed by atoms with Crippen molar-refractivity contribution in [2.24, 2.45) is 0 Å². The van der Waals surface area contributed by atoms with Crippen molar-refractivity contribution in [2.45, 2.75) is 38.0 Å². The van der Waals surface area contributed by atoms with Gasteiger partial charge in [0.2, 0.25) is 5.91 Å². The van der Waals surface area contributed by atoms with Gasteiger partial charge in [0.05, 0.1) is 35.6 Å². The highest BCUT2D eigenvalue weighted by Crippen LogP contribution is 2.33. The SMILES string of the molecule is COC(=O)N[C@H](C(=O)N1CCC[C@H]1c1ncc(-c2ccc(Br)c(F)c2)[nH]1)[C@@H](C)OC. The number of benzene rings is 1. The highest BCUT2D eigenvalue weighted by Gasteiger charge is 2.38. The van der Waals surface area contributed by atoms with Gasteiger partial charge >= 0.3 is 6.09 Å². The number of nitrogens with zero attached hydrogens (tertiary/aromatic N) is 2. The molecule has 0 saturated carbocycles. The van der Waals surface area contributed by atoms with E-state index < -0.39 is 18.2 Å². The maximum Gasteiger partial charge on any atom is 0.407 e. The highest BCUT2D eigenvalue weighted by atomic mass is 79.9. The van der Waals surface area contributed by atoms with Gasteiger partial charge in [0, 0.05) is 19.2 Å². The quantitative estimate of drug-likeness (QED) is 0.657. The predicted octanol–water partition coefficient (Wildman–Crippen LogP) is 3.40. The number of amides is 2. The van der Waals surface area contributed by atoms with Gasteiger partial charge in [-0.15, -0.1) is 0 Å². The van der Waals surface area contributed by atoms with E-state index >= 15 is 0 Å². The van der Waals surface area contributed by atoms with Crippen LogP contribution in [0.25, 0.3) is 11.3 Å². The van der Waals surface area contributed by atoms with Gasteiger partial charge in [-0.3, -0.25) is 4.79 Å². The Bertz CT molecular complexity index is 922. The monoisotopic (exact) mass is 482 g/mol. The third-order valence-corrected chi connectivity index (χ3v) is 5.89. The average Bonchev–Trinajstić information content (AvgIpc) is 3.42. The molecule has 0 spiro atoms. The first-order chi connectivity index (χ1) is 14.3. The zero-order valence-corrected chi connectivity index (χ0v) is 18.5. The average molecular weight is 483 g/mol. The van der Waals surface area contributed by atoms with Gasteiger partial charge < -0.3 is 24.7 Å². The summed E-state index contributed by atoms with van der Waals surface area (Å²) >= 11 is 3.14. The third kappa shape index (κ3) is 4.65. The number of rotatable bonds is 6. The van der Waals surface area contributed by atoms with E-state index in [1.54, 1.807) is 30.2 Å². The summed E-state index contributed by atoms with van der Waals surface area (Å²) in [6.45, 7) is 2.24. The van der Waals surface area contributed by atoms with Crippen LogP contribution in [0.15, 0.2) is 28.9 Å². The molecule has 0 bridgehead atoms. The van der Waals surface area contributed by atoms with E-state index in [2.05, 4.69) is 36.0 Å². The molecule has 2 heterocycles. The Labute approximate surface area is 182 Å². The van der Waals surface area contributed by atoms with Crippen LogP contribution in [0.5, 0.6) is 0 Å². The molecule has 10 heteroatoms. The van der Waals surface area contributed by atoms with Gasteiger partial charge in [0.15, 0.2) is 0 Å². The van der Waals surface area contributed by atoms with Gasteiger partial charge in [-0.2, -0.15) is 0 Å². The zero-order valence-electron chi connectivity index (χ0n) is 16.9. The molecule has 1 aromatic heterocycles. The van der Waals surface area contributed by atoms with Crippen molar-refractivity contribution in [3.8, 4) is 11.3 Å². The molecule has 1 aromatic carbocycles. The first-order valence-corrected chi connectivity index (χ1v) is 10.3. The Morgan fingerprint density at radius 3 is 2.83 bits per heavy atom. The van der Waals surface area contributed by atoms with Gasteiger partial charge in [-0.25, -0.2) is 14.2 Å². The summed E-state index contributed by atoms with van der Waals surface area (Å²) in [5.74, 6) is -0.0300. The molecule has 2 aromatic rings. The maximum absolute atomic E-state index is 13.9. The number of alkyl carbamates (subject to hydrolysis) is 1. The van der Waals surface area contributed by atoms with Gasteiger partial charge in [-0.1, -0.05) is 6.07 Å². The minimum atomic E-state index is -0.891. The van der Waals surface area contributed by atoms with E-state index in [0.717, 1.165) is 12.8 Å². The van der Waals surface area contributed by atoms with Crippen molar-refractivity contribution >= 4 is 27.9 Å². The van der Waals surface area contributed by atoms with Crippen LogP contribution >= 0.6 is 15.9 Å². The number of ether oxygens (including phenoxy) is 2. The minimum Gasteiger partial charge on any atom is -0.453 e. The fourth-order valence-electron chi connectivity index (χ4n) is 3.51. The lowest BCUT2D eigenvalue weighted by Gasteiger charge is -2.30. The van der Waals surface area contributed by atoms with Crippen molar-refractivity contribution in [1.29, 1.82) is 0 Å². The lowest BCUT2D eigenvalue weighted by molar-refractivity contribution is -0.137. The first kappa shape index (κ1) is 22.2. The molecule has 0 aliphatic carbocycles. The molecule has 0 radical (unpaired) electrons. The molecule has 1 fully saturated rings. The highest BCUT2D eigenvalue weighted by molar-refractivity contribution is 9.10. The number of hydrogen-bond acceptors (Lipinski definition) is 5. The zero-order chi connectivity index (χ0) is 21.8. The van der Waals surface area contributed by atoms with E-state index in [4.69, 9.17) is 4.74 Å². The Morgan fingerprint density at radius 2 is 2.17 bits per heavy atom. The summed E-state index contributed by atoms with van der Waals surface area (Å²) in [7, 11) is 2.71. The topological polar surface area (TPSA) is 96.5 Å². The first-order valence-electron chi connectivity index (χ1n) is 9.53. The number of carbonyl (C=O) groups is 2. The number of H-pyrrole nitrogens is 1. The Hall–Kier alpha value is -2.46. The van der Waals surface area contributed by atoms with Crippen molar-refractivity contribution in [3.05, 3.63) is 40.5 Å². The summed E-state index contributed by atoms with van der Waals surface area (Å²) in [4.78, 5) is 34.3. The number of nitrogens with one attached hydrogen (secondary N) is 2. The van der Waals surface area contributed by atoms with E-state index in [1.807, 2.05) is 0 Å². The fraction of sp³-hybridized carbons (Fsp3) is 0.450. The second-order valence-corrected chi connectivity index (χ2v) is 7.91. The fourth-order valence-corrected chi connectivity index (χ4v) is 3.76. The number of hydrogen-bond donors (Lipinski definition) is 2. The van der Waals surface area contributed by atoms with Crippen molar-refractivity contribution < 1.29 is 23.5 Å². The lowest BCUT2D eigenvalue weighted by Crippen LogP contribution is -2.54. The number of imidazole rings is 1. The van der Waals surface area contributed by atoms with Crippen LogP contribution in [-0.2, 0) is 14.3 Å². The van der Waals surface area contributed by atoms with Crippen LogP contribution in [0, 0.1) is 5.82 Å². The van der Waals surface area contributed by atoms with Gasteiger partial charge in [-0.05, 0) is 47.8 Å². The molecule has 1 saturated heterocycles. The molecule has 3 atom stereocenters. The van der Waals surface area contributed by atoms with Crippen LogP contribution in [0.4, 0.5) is 9.18 Å². The number of halogens is 2. The van der Waals surface area contributed by atoms with E-state index in [9.17, 15) is 14.0 Å². The van der Waals surface area contributed by atoms with Crippen molar-refractivity contribution in [1.82, 2.24) is 20.2 Å². The molecule has 0 unspecified atom stereocenters. The Kier molecular flexibility index (Phi) is 7.09. The molecule has 3 rings (SSSR count). The van der Waals surface area contributed by atoms with Gasteiger partial charge in [0.1, 0.15) is 17.7 Å². The van der Waals surface area contributed by atoms with Crippen LogP contribution in [0.1, 0.15) is 31.6 Å². The second kappa shape index (κ2) is 9.57. The van der Waals surface area contributed by atoms with Crippen LogP contribution in [0.3, 0.4) is 0 Å².